The molecule has 2 bridgehead atoms. The molecule has 1 nitrogen and oxygen atoms in total. The molecule has 3 unspecified atom stereocenters. The molecule has 3 aliphatic carbocycles. The van der Waals surface area contributed by atoms with E-state index < -0.39 is 6.10 Å². The molecule has 0 aromatic heterocycles. The van der Waals surface area contributed by atoms with Gasteiger partial charge in [0.25, 0.3) is 0 Å². The second-order valence-corrected chi connectivity index (χ2v) is 4.59. The molecule has 0 aromatic carbocycles. The highest BCUT2D eigenvalue weighted by molar-refractivity contribution is 5.24. The van der Waals surface area contributed by atoms with Gasteiger partial charge < -0.3 is 0 Å². The molecule has 0 aromatic rings. The Morgan fingerprint density at radius 1 is 1.55 bits per heavy atom. The molecule has 61 valence electrons. The number of allylic oxidation sites excluding steroid dienone is 1. The van der Waals surface area contributed by atoms with E-state index in [1.165, 1.54) is 5.57 Å². The minimum atomic E-state index is -0.421. The largest absolute Gasteiger partial charge is 0.228 e. The van der Waals surface area contributed by atoms with E-state index in [0.717, 1.165) is 6.42 Å². The first-order valence-electron chi connectivity index (χ1n) is 4.37. The Balaban J connectivity index is 2.34. The standard InChI is InChI=1S/C10H15O/c1-6-4-9(11)8-5-7(6)10(8,2)3/h4,7-9H,5H2,1-3H3. The number of hydrogen-bond donors (Lipinski definition) is 0. The minimum absolute atomic E-state index is 0.297. The second kappa shape index (κ2) is 1.89. The summed E-state index contributed by atoms with van der Waals surface area (Å²) in [5.74, 6) is 1.12. The lowest BCUT2D eigenvalue weighted by Crippen LogP contribution is -2.53. The van der Waals surface area contributed by atoms with Crippen LogP contribution in [0, 0.1) is 17.3 Å². The summed E-state index contributed by atoms with van der Waals surface area (Å²) < 4.78 is 0. The highest BCUT2D eigenvalue weighted by atomic mass is 16.3. The van der Waals surface area contributed by atoms with Crippen molar-refractivity contribution in [3.8, 4) is 0 Å². The molecule has 1 fully saturated rings. The van der Waals surface area contributed by atoms with Crippen LogP contribution in [0.2, 0.25) is 0 Å². The van der Waals surface area contributed by atoms with Crippen molar-refractivity contribution in [1.82, 2.24) is 0 Å². The van der Waals surface area contributed by atoms with Crippen molar-refractivity contribution in [3.05, 3.63) is 11.6 Å². The zero-order valence-corrected chi connectivity index (χ0v) is 7.42. The zero-order valence-electron chi connectivity index (χ0n) is 7.42. The summed E-state index contributed by atoms with van der Waals surface area (Å²) in [5.41, 5.74) is 1.63. The first-order chi connectivity index (χ1) is 5.03. The van der Waals surface area contributed by atoms with Crippen LogP contribution in [0.3, 0.4) is 0 Å². The zero-order chi connectivity index (χ0) is 8.22. The fourth-order valence-electron chi connectivity index (χ4n) is 2.78. The van der Waals surface area contributed by atoms with Crippen LogP contribution < -0.4 is 0 Å². The highest BCUT2D eigenvalue weighted by Crippen LogP contribution is 2.59. The Labute approximate surface area is 68.1 Å². The number of hydrogen-bond acceptors (Lipinski definition) is 0. The van der Waals surface area contributed by atoms with Crippen LogP contribution in [-0.2, 0) is 5.11 Å². The molecule has 1 heteroatoms. The molecule has 0 spiro atoms. The first kappa shape index (κ1) is 7.35. The molecule has 1 radical (unpaired) electrons. The highest BCUT2D eigenvalue weighted by Gasteiger charge is 2.54. The molecule has 0 amide bonds. The maximum atomic E-state index is 11.5. The molecule has 3 rings (SSSR count). The SMILES string of the molecule is CC1=CC([O])C2CC1C2(C)C. The molecule has 0 heterocycles. The summed E-state index contributed by atoms with van der Waals surface area (Å²) in [4.78, 5) is 0. The van der Waals surface area contributed by atoms with Crippen molar-refractivity contribution < 1.29 is 5.11 Å². The van der Waals surface area contributed by atoms with E-state index in [1.807, 2.05) is 6.08 Å². The van der Waals surface area contributed by atoms with E-state index in [2.05, 4.69) is 20.8 Å². The predicted octanol–water partition coefficient (Wildman–Crippen LogP) is 2.41. The van der Waals surface area contributed by atoms with Gasteiger partial charge in [-0.3, -0.25) is 0 Å². The maximum absolute atomic E-state index is 11.5. The van der Waals surface area contributed by atoms with Gasteiger partial charge in [0.05, 0.1) is 0 Å². The summed E-state index contributed by atoms with van der Waals surface area (Å²) in [7, 11) is 0. The van der Waals surface area contributed by atoms with Gasteiger partial charge in [-0.25, -0.2) is 5.11 Å². The molecule has 3 atom stereocenters. The van der Waals surface area contributed by atoms with Gasteiger partial charge in [-0.05, 0) is 30.6 Å². The third-order valence-electron chi connectivity index (χ3n) is 3.72. The second-order valence-electron chi connectivity index (χ2n) is 4.59. The van der Waals surface area contributed by atoms with Gasteiger partial charge in [0.2, 0.25) is 0 Å². The summed E-state index contributed by atoms with van der Waals surface area (Å²) >= 11 is 0. The van der Waals surface area contributed by atoms with Crippen LogP contribution in [-0.4, -0.2) is 6.10 Å². The third-order valence-corrected chi connectivity index (χ3v) is 3.72. The third kappa shape index (κ3) is 0.750. The summed E-state index contributed by atoms with van der Waals surface area (Å²) in [5, 5.41) is 11.5. The van der Waals surface area contributed by atoms with E-state index in [-0.39, 0.29) is 0 Å². The normalized spacial score (nSPS) is 46.2. The van der Waals surface area contributed by atoms with Gasteiger partial charge in [0.1, 0.15) is 6.10 Å². The Kier molecular flexibility index (Phi) is 1.26. The molecule has 3 aliphatic rings. The van der Waals surface area contributed by atoms with Crippen molar-refractivity contribution in [2.75, 3.05) is 0 Å². The Morgan fingerprint density at radius 2 is 2.18 bits per heavy atom. The topological polar surface area (TPSA) is 19.9 Å². The van der Waals surface area contributed by atoms with Crippen LogP contribution in [0.4, 0.5) is 0 Å². The van der Waals surface area contributed by atoms with Crippen molar-refractivity contribution >= 4 is 0 Å². The quantitative estimate of drug-likeness (QED) is 0.474. The van der Waals surface area contributed by atoms with E-state index in [4.69, 9.17) is 0 Å². The van der Waals surface area contributed by atoms with Gasteiger partial charge in [0.15, 0.2) is 0 Å². The smallest absolute Gasteiger partial charge is 0.115 e. The molecule has 0 aliphatic heterocycles. The Bertz CT molecular complexity index is 215. The monoisotopic (exact) mass is 151 g/mol. The molecule has 0 saturated heterocycles. The van der Waals surface area contributed by atoms with Crippen LogP contribution in [0.15, 0.2) is 11.6 Å². The fourth-order valence-corrected chi connectivity index (χ4v) is 2.78. The molecule has 0 N–H and O–H groups in total. The summed E-state index contributed by atoms with van der Waals surface area (Å²) in [6, 6.07) is 0. The molecule has 1 saturated carbocycles. The van der Waals surface area contributed by atoms with Crippen molar-refractivity contribution in [3.63, 3.8) is 0 Å². The lowest BCUT2D eigenvalue weighted by Gasteiger charge is -2.57. The van der Waals surface area contributed by atoms with Gasteiger partial charge in [-0.2, -0.15) is 0 Å². The number of fused-ring (bicyclic) bond motifs is 1. The van der Waals surface area contributed by atoms with Crippen LogP contribution in [0.1, 0.15) is 27.2 Å². The first-order valence-corrected chi connectivity index (χ1v) is 4.37. The lowest BCUT2D eigenvalue weighted by molar-refractivity contribution is -0.0990. The maximum Gasteiger partial charge on any atom is 0.115 e. The van der Waals surface area contributed by atoms with Crippen LogP contribution in [0.25, 0.3) is 0 Å². The van der Waals surface area contributed by atoms with E-state index in [1.54, 1.807) is 0 Å². The van der Waals surface area contributed by atoms with Gasteiger partial charge in [-0.1, -0.05) is 25.5 Å². The van der Waals surface area contributed by atoms with Crippen molar-refractivity contribution in [2.45, 2.75) is 33.3 Å². The average Bonchev–Trinajstić information content (AvgIpc) is 1.84. The van der Waals surface area contributed by atoms with Gasteiger partial charge in [0, 0.05) is 0 Å². The Morgan fingerprint density at radius 3 is 2.55 bits per heavy atom. The van der Waals surface area contributed by atoms with E-state index >= 15 is 0 Å². The van der Waals surface area contributed by atoms with E-state index in [9.17, 15) is 5.11 Å². The molecular weight excluding hydrogens is 136 g/mol. The van der Waals surface area contributed by atoms with Crippen LogP contribution >= 0.6 is 0 Å². The van der Waals surface area contributed by atoms with Crippen molar-refractivity contribution in [2.24, 2.45) is 17.3 Å². The van der Waals surface area contributed by atoms with E-state index in [0.29, 0.717) is 17.3 Å². The van der Waals surface area contributed by atoms with Gasteiger partial charge in [-0.15, -0.1) is 0 Å². The Hall–Kier alpha value is -0.300. The van der Waals surface area contributed by atoms with Gasteiger partial charge >= 0.3 is 0 Å². The van der Waals surface area contributed by atoms with Crippen LogP contribution in [0.5, 0.6) is 0 Å². The molecular formula is C10H15O. The number of rotatable bonds is 0. The summed E-state index contributed by atoms with van der Waals surface area (Å²) in [6.45, 7) is 6.56. The lowest BCUT2D eigenvalue weighted by atomic mass is 9.48. The minimum Gasteiger partial charge on any atom is -0.228 e. The predicted molar refractivity (Wildman–Crippen MR) is 43.6 cm³/mol. The fraction of sp³-hybridized carbons (Fsp3) is 0.800. The average molecular weight is 151 g/mol. The molecule has 11 heavy (non-hydrogen) atoms. The van der Waals surface area contributed by atoms with Crippen molar-refractivity contribution in [1.29, 1.82) is 0 Å². The summed E-state index contributed by atoms with van der Waals surface area (Å²) in [6.07, 6.45) is 2.64.